The van der Waals surface area contributed by atoms with Crippen LogP contribution in [0.4, 0.5) is 5.13 Å². The Bertz CT molecular complexity index is 240. The summed E-state index contributed by atoms with van der Waals surface area (Å²) < 4.78 is 0. The molecule has 0 unspecified atom stereocenters. The number of aromatic nitrogens is 1. The summed E-state index contributed by atoms with van der Waals surface area (Å²) in [7, 11) is 1.66. The van der Waals surface area contributed by atoms with Gasteiger partial charge >= 0.3 is 0 Å². The molecule has 68 valence electrons. The molecule has 0 aliphatic carbocycles. The van der Waals surface area contributed by atoms with Gasteiger partial charge in [0.1, 0.15) is 5.88 Å². The van der Waals surface area contributed by atoms with Crippen LogP contribution in [0.25, 0.3) is 0 Å². The van der Waals surface area contributed by atoms with Crippen molar-refractivity contribution in [2.24, 2.45) is 0 Å². The topological polar surface area (TPSA) is 33.2 Å². The molecule has 1 rings (SSSR count). The van der Waals surface area contributed by atoms with Crippen LogP contribution in [-0.4, -0.2) is 23.8 Å². The molecule has 12 heavy (non-hydrogen) atoms. The molecule has 0 fully saturated rings. The number of amides is 1. The van der Waals surface area contributed by atoms with Crippen molar-refractivity contribution in [1.29, 1.82) is 0 Å². The summed E-state index contributed by atoms with van der Waals surface area (Å²) in [5.41, 5.74) is 0. The smallest absolute Gasteiger partial charge is 0.243 e. The summed E-state index contributed by atoms with van der Waals surface area (Å²) in [4.78, 5) is 16.4. The predicted molar refractivity (Wildman–Crippen MR) is 53.5 cm³/mol. The molecule has 0 N–H and O–H groups in total. The van der Waals surface area contributed by atoms with Gasteiger partial charge in [-0.15, -0.1) is 35.3 Å². The van der Waals surface area contributed by atoms with Crippen LogP contribution < -0.4 is 4.90 Å². The lowest BCUT2D eigenvalue weighted by molar-refractivity contribution is -0.116. The van der Waals surface area contributed by atoms with Crippen molar-refractivity contribution in [3.8, 4) is 0 Å². The molecule has 1 amide bonds. The number of carbonyl (C=O) groups is 1. The van der Waals surface area contributed by atoms with Crippen molar-refractivity contribution >= 4 is 46.4 Å². The average molecular weight is 227 g/mol. The van der Waals surface area contributed by atoms with Crippen LogP contribution in [0.1, 0.15) is 0 Å². The van der Waals surface area contributed by atoms with Gasteiger partial charge in [-0.25, -0.2) is 4.98 Å². The van der Waals surface area contributed by atoms with Gasteiger partial charge in [-0.3, -0.25) is 9.69 Å². The largest absolute Gasteiger partial charge is 0.290 e. The molecule has 6 heteroatoms. The normalized spacial score (nSPS) is 8.83. The first-order valence-electron chi connectivity index (χ1n) is 2.97. The van der Waals surface area contributed by atoms with E-state index in [-0.39, 0.29) is 24.2 Å². The van der Waals surface area contributed by atoms with Crippen molar-refractivity contribution in [1.82, 2.24) is 4.98 Å². The standard InChI is InChI=1S/C6H7ClN2OS.ClH/c1-9(5(10)4-7)6-8-2-3-11-6;/h2-3H,4H2,1H3;1H. The van der Waals surface area contributed by atoms with Crippen LogP contribution in [0.5, 0.6) is 0 Å². The van der Waals surface area contributed by atoms with Crippen LogP contribution >= 0.6 is 35.3 Å². The number of rotatable bonds is 2. The lowest BCUT2D eigenvalue weighted by Gasteiger charge is -2.10. The maximum absolute atomic E-state index is 11.0. The number of hydrogen-bond donors (Lipinski definition) is 0. The highest BCUT2D eigenvalue weighted by Gasteiger charge is 2.10. The van der Waals surface area contributed by atoms with Gasteiger partial charge in [0, 0.05) is 18.6 Å². The molecule has 0 radical (unpaired) electrons. The van der Waals surface area contributed by atoms with E-state index in [4.69, 9.17) is 11.6 Å². The van der Waals surface area contributed by atoms with Crippen molar-refractivity contribution in [2.45, 2.75) is 0 Å². The van der Waals surface area contributed by atoms with E-state index in [0.29, 0.717) is 5.13 Å². The van der Waals surface area contributed by atoms with E-state index < -0.39 is 0 Å². The zero-order valence-corrected chi connectivity index (χ0v) is 8.75. The van der Waals surface area contributed by atoms with Gasteiger partial charge in [0.25, 0.3) is 0 Å². The molecule has 0 saturated heterocycles. The number of anilines is 1. The maximum atomic E-state index is 11.0. The number of thiazole rings is 1. The minimum absolute atomic E-state index is 0. The monoisotopic (exact) mass is 226 g/mol. The zero-order valence-electron chi connectivity index (χ0n) is 6.36. The zero-order chi connectivity index (χ0) is 8.27. The van der Waals surface area contributed by atoms with Gasteiger partial charge in [0.2, 0.25) is 5.91 Å². The molecule has 1 aromatic rings. The first-order chi connectivity index (χ1) is 5.25. The van der Waals surface area contributed by atoms with Gasteiger partial charge in [0.15, 0.2) is 5.13 Å². The van der Waals surface area contributed by atoms with Crippen molar-refractivity contribution in [3.63, 3.8) is 0 Å². The van der Waals surface area contributed by atoms with E-state index in [1.54, 1.807) is 13.2 Å². The maximum Gasteiger partial charge on any atom is 0.243 e. The van der Waals surface area contributed by atoms with Crippen LogP contribution in [-0.2, 0) is 4.79 Å². The van der Waals surface area contributed by atoms with Gasteiger partial charge in [0.05, 0.1) is 0 Å². The van der Waals surface area contributed by atoms with Crippen molar-refractivity contribution in [2.75, 3.05) is 17.8 Å². The number of nitrogens with zero attached hydrogens (tertiary/aromatic N) is 2. The second kappa shape index (κ2) is 5.35. The molecule has 3 nitrogen and oxygen atoms in total. The number of hydrogen-bond acceptors (Lipinski definition) is 3. The fourth-order valence-corrected chi connectivity index (χ4v) is 1.38. The van der Waals surface area contributed by atoms with Crippen LogP contribution in [0.15, 0.2) is 11.6 Å². The summed E-state index contributed by atoms with van der Waals surface area (Å²) in [6.45, 7) is 0. The Morgan fingerprint density at radius 1 is 1.83 bits per heavy atom. The molecule has 0 saturated carbocycles. The molecular formula is C6H8Cl2N2OS. The first-order valence-corrected chi connectivity index (χ1v) is 4.39. The third-order valence-corrected chi connectivity index (χ3v) is 2.27. The van der Waals surface area contributed by atoms with Gasteiger partial charge in [-0.2, -0.15) is 0 Å². The van der Waals surface area contributed by atoms with E-state index in [9.17, 15) is 4.79 Å². The lowest BCUT2D eigenvalue weighted by Crippen LogP contribution is -2.26. The van der Waals surface area contributed by atoms with Crippen LogP contribution in [0.3, 0.4) is 0 Å². The van der Waals surface area contributed by atoms with Crippen LogP contribution in [0, 0.1) is 0 Å². The van der Waals surface area contributed by atoms with E-state index >= 15 is 0 Å². The molecule has 0 spiro atoms. The van der Waals surface area contributed by atoms with E-state index in [0.717, 1.165) is 0 Å². The lowest BCUT2D eigenvalue weighted by atomic mass is 10.6. The highest BCUT2D eigenvalue weighted by atomic mass is 35.5. The van der Waals surface area contributed by atoms with E-state index in [1.165, 1.54) is 16.2 Å². The summed E-state index contributed by atoms with van der Waals surface area (Å²) in [6.07, 6.45) is 1.65. The quantitative estimate of drug-likeness (QED) is 0.721. The Morgan fingerprint density at radius 2 is 2.50 bits per heavy atom. The SMILES string of the molecule is CN(C(=O)CCl)c1nccs1.Cl. The Kier molecular flexibility index (Phi) is 5.20. The third kappa shape index (κ3) is 2.62. The summed E-state index contributed by atoms with van der Waals surface area (Å²) in [5.74, 6) is -0.141. The summed E-state index contributed by atoms with van der Waals surface area (Å²) in [6, 6.07) is 0. The van der Waals surface area contributed by atoms with Crippen LogP contribution in [0.2, 0.25) is 0 Å². The molecule has 0 aliphatic rings. The number of halogens is 2. The number of carbonyl (C=O) groups excluding carboxylic acids is 1. The molecule has 1 aromatic heterocycles. The van der Waals surface area contributed by atoms with Crippen molar-refractivity contribution < 1.29 is 4.79 Å². The first kappa shape index (κ1) is 11.7. The molecule has 0 aromatic carbocycles. The fraction of sp³-hybridized carbons (Fsp3) is 0.333. The van der Waals surface area contributed by atoms with Crippen molar-refractivity contribution in [3.05, 3.63) is 11.6 Å². The minimum Gasteiger partial charge on any atom is -0.290 e. The Labute approximate surface area is 85.8 Å². The highest BCUT2D eigenvalue weighted by Crippen LogP contribution is 2.15. The molecule has 0 bridgehead atoms. The van der Waals surface area contributed by atoms with E-state index in [1.807, 2.05) is 5.38 Å². The third-order valence-electron chi connectivity index (χ3n) is 1.19. The van der Waals surface area contributed by atoms with Gasteiger partial charge < -0.3 is 0 Å². The molecule has 1 heterocycles. The average Bonchev–Trinajstić information content (AvgIpc) is 2.53. The number of alkyl halides is 1. The Hall–Kier alpha value is -0.320. The molecular weight excluding hydrogens is 219 g/mol. The molecule has 0 aliphatic heterocycles. The minimum atomic E-state index is -0.137. The Morgan fingerprint density at radius 3 is 2.92 bits per heavy atom. The summed E-state index contributed by atoms with van der Waals surface area (Å²) in [5, 5.41) is 2.49. The second-order valence-corrected chi connectivity index (χ2v) is 3.04. The summed E-state index contributed by atoms with van der Waals surface area (Å²) >= 11 is 6.76. The Balaban J connectivity index is 0.00000121. The van der Waals surface area contributed by atoms with E-state index in [2.05, 4.69) is 4.98 Å². The second-order valence-electron chi connectivity index (χ2n) is 1.90. The predicted octanol–water partition coefficient (Wildman–Crippen LogP) is 1.77. The fourth-order valence-electron chi connectivity index (χ4n) is 0.578. The van der Waals surface area contributed by atoms with Gasteiger partial charge in [-0.1, -0.05) is 0 Å². The highest BCUT2D eigenvalue weighted by molar-refractivity contribution is 7.13. The van der Waals surface area contributed by atoms with Gasteiger partial charge in [-0.05, 0) is 0 Å². The molecule has 0 atom stereocenters.